The lowest BCUT2D eigenvalue weighted by atomic mass is 10.0. The summed E-state index contributed by atoms with van der Waals surface area (Å²) >= 11 is 0. The van der Waals surface area contributed by atoms with Gasteiger partial charge in [-0.25, -0.2) is 0 Å². The molecule has 0 heterocycles. The predicted molar refractivity (Wildman–Crippen MR) is 70.3 cm³/mol. The summed E-state index contributed by atoms with van der Waals surface area (Å²) in [6, 6.07) is 6.81. The van der Waals surface area contributed by atoms with Crippen LogP contribution in [-0.4, -0.2) is 28.8 Å². The maximum Gasteiger partial charge on any atom is 0.224 e. The van der Waals surface area contributed by atoms with Gasteiger partial charge in [-0.3, -0.25) is 4.79 Å². The fraction of sp³-hybridized carbons (Fsp3) is 0.500. The Morgan fingerprint density at radius 1 is 1.33 bits per heavy atom. The van der Waals surface area contributed by atoms with E-state index in [1.807, 2.05) is 6.92 Å². The highest BCUT2D eigenvalue weighted by atomic mass is 16.3. The second-order valence-corrected chi connectivity index (χ2v) is 4.80. The molecule has 1 aromatic carbocycles. The van der Waals surface area contributed by atoms with Crippen LogP contribution in [-0.2, 0) is 11.2 Å². The van der Waals surface area contributed by atoms with Gasteiger partial charge in [0.05, 0.1) is 12.5 Å². The molecule has 0 aliphatic heterocycles. The number of aromatic hydroxyl groups is 1. The summed E-state index contributed by atoms with van der Waals surface area (Å²) in [6.07, 6.45) is 0.486. The van der Waals surface area contributed by atoms with Gasteiger partial charge < -0.3 is 15.5 Å². The second-order valence-electron chi connectivity index (χ2n) is 4.80. The number of hydrogen-bond donors (Lipinski definition) is 3. The van der Waals surface area contributed by atoms with E-state index in [4.69, 9.17) is 0 Å². The van der Waals surface area contributed by atoms with Crippen molar-refractivity contribution in [3.63, 3.8) is 0 Å². The van der Waals surface area contributed by atoms with Crippen LogP contribution in [0.15, 0.2) is 24.3 Å². The first-order chi connectivity index (χ1) is 8.49. The molecule has 0 bridgehead atoms. The maximum atomic E-state index is 11.7. The number of amides is 1. The van der Waals surface area contributed by atoms with Crippen LogP contribution in [0.5, 0.6) is 5.75 Å². The number of rotatable bonds is 6. The number of aliphatic hydroxyl groups is 1. The van der Waals surface area contributed by atoms with E-state index in [9.17, 15) is 15.0 Å². The molecule has 2 atom stereocenters. The van der Waals surface area contributed by atoms with Crippen molar-refractivity contribution < 1.29 is 15.0 Å². The molecule has 0 aliphatic rings. The van der Waals surface area contributed by atoms with Gasteiger partial charge in [0.15, 0.2) is 0 Å². The number of phenols is 1. The highest BCUT2D eigenvalue weighted by molar-refractivity contribution is 5.79. The topological polar surface area (TPSA) is 69.6 Å². The van der Waals surface area contributed by atoms with Crippen LogP contribution in [0.3, 0.4) is 0 Å². The molecule has 3 N–H and O–H groups in total. The average Bonchev–Trinajstić information content (AvgIpc) is 2.29. The standard InChI is InChI=1S/C14H21NO3/c1-10(7-11(2)16)9-15-14(18)8-12-5-3-4-6-13(12)17/h3-6,10-11,16-17H,7-9H2,1-2H3,(H,15,18)/t10-,11-/m1/s1. The highest BCUT2D eigenvalue weighted by Gasteiger charge is 2.10. The van der Waals surface area contributed by atoms with Gasteiger partial charge in [-0.1, -0.05) is 25.1 Å². The summed E-state index contributed by atoms with van der Waals surface area (Å²) in [6.45, 7) is 4.25. The summed E-state index contributed by atoms with van der Waals surface area (Å²) in [5, 5.41) is 21.6. The van der Waals surface area contributed by atoms with Crippen LogP contribution in [0.2, 0.25) is 0 Å². The third-order valence-electron chi connectivity index (χ3n) is 2.73. The molecule has 0 aliphatic carbocycles. The molecule has 0 saturated heterocycles. The molecular weight excluding hydrogens is 230 g/mol. The van der Waals surface area contributed by atoms with Crippen molar-refractivity contribution in [1.82, 2.24) is 5.32 Å². The molecule has 18 heavy (non-hydrogen) atoms. The quantitative estimate of drug-likeness (QED) is 0.717. The van der Waals surface area contributed by atoms with Gasteiger partial charge >= 0.3 is 0 Å². The van der Waals surface area contributed by atoms with Crippen molar-refractivity contribution in [1.29, 1.82) is 0 Å². The fourth-order valence-corrected chi connectivity index (χ4v) is 1.85. The number of carbonyl (C=O) groups excluding carboxylic acids is 1. The van der Waals surface area contributed by atoms with Gasteiger partial charge in [0, 0.05) is 12.1 Å². The first-order valence-electron chi connectivity index (χ1n) is 6.20. The van der Waals surface area contributed by atoms with Crippen molar-refractivity contribution in [2.24, 2.45) is 5.92 Å². The number of carbonyl (C=O) groups is 1. The minimum atomic E-state index is -0.352. The van der Waals surface area contributed by atoms with Crippen molar-refractivity contribution >= 4 is 5.91 Å². The number of hydrogen-bond acceptors (Lipinski definition) is 3. The Kier molecular flexibility index (Phi) is 5.65. The number of phenolic OH excluding ortho intramolecular Hbond substituents is 1. The van der Waals surface area contributed by atoms with Gasteiger partial charge in [0.2, 0.25) is 5.91 Å². The molecule has 0 unspecified atom stereocenters. The summed E-state index contributed by atoms with van der Waals surface area (Å²) in [5.41, 5.74) is 0.623. The zero-order chi connectivity index (χ0) is 13.5. The molecule has 4 nitrogen and oxygen atoms in total. The summed E-state index contributed by atoms with van der Waals surface area (Å²) < 4.78 is 0. The number of benzene rings is 1. The molecule has 1 amide bonds. The summed E-state index contributed by atoms with van der Waals surface area (Å²) in [5.74, 6) is 0.261. The van der Waals surface area contributed by atoms with E-state index in [1.54, 1.807) is 31.2 Å². The molecule has 0 saturated carbocycles. The third kappa shape index (κ3) is 5.19. The van der Waals surface area contributed by atoms with E-state index in [-0.39, 0.29) is 30.1 Å². The normalized spacial score (nSPS) is 13.9. The second kappa shape index (κ2) is 7.01. The minimum absolute atomic E-state index is 0.117. The van der Waals surface area contributed by atoms with E-state index in [0.29, 0.717) is 18.5 Å². The molecule has 1 rings (SSSR count). The Bertz CT molecular complexity index is 390. The molecule has 0 spiro atoms. The predicted octanol–water partition coefficient (Wildman–Crippen LogP) is 1.46. The molecule has 0 radical (unpaired) electrons. The van der Waals surface area contributed by atoms with E-state index < -0.39 is 0 Å². The third-order valence-corrected chi connectivity index (χ3v) is 2.73. The summed E-state index contributed by atoms with van der Waals surface area (Å²) in [4.78, 5) is 11.7. The molecule has 0 fully saturated rings. The van der Waals surface area contributed by atoms with Crippen molar-refractivity contribution in [3.05, 3.63) is 29.8 Å². The lowest BCUT2D eigenvalue weighted by Crippen LogP contribution is -2.30. The molecular formula is C14H21NO3. The van der Waals surface area contributed by atoms with Gasteiger partial charge in [-0.2, -0.15) is 0 Å². The Morgan fingerprint density at radius 2 is 2.00 bits per heavy atom. The van der Waals surface area contributed by atoms with Gasteiger partial charge in [0.25, 0.3) is 0 Å². The molecule has 1 aromatic rings. The van der Waals surface area contributed by atoms with Crippen molar-refractivity contribution in [3.8, 4) is 5.75 Å². The average molecular weight is 251 g/mol. The van der Waals surface area contributed by atoms with Gasteiger partial charge in [0.1, 0.15) is 5.75 Å². The van der Waals surface area contributed by atoms with Crippen LogP contribution < -0.4 is 5.32 Å². The lowest BCUT2D eigenvalue weighted by molar-refractivity contribution is -0.120. The van der Waals surface area contributed by atoms with Gasteiger partial charge in [-0.15, -0.1) is 0 Å². The largest absolute Gasteiger partial charge is 0.508 e. The van der Waals surface area contributed by atoms with Crippen LogP contribution in [0.1, 0.15) is 25.8 Å². The lowest BCUT2D eigenvalue weighted by Gasteiger charge is -2.14. The first kappa shape index (κ1) is 14.5. The van der Waals surface area contributed by atoms with E-state index in [2.05, 4.69) is 5.32 Å². The molecule has 0 aromatic heterocycles. The SMILES string of the molecule is C[C@@H](CNC(=O)Cc1ccccc1O)C[C@@H](C)O. The van der Waals surface area contributed by atoms with Crippen LogP contribution in [0, 0.1) is 5.92 Å². The van der Waals surface area contributed by atoms with Crippen molar-refractivity contribution in [2.45, 2.75) is 32.8 Å². The summed E-state index contributed by atoms with van der Waals surface area (Å²) in [7, 11) is 0. The van der Waals surface area contributed by atoms with Crippen molar-refractivity contribution in [2.75, 3.05) is 6.54 Å². The molecule has 100 valence electrons. The smallest absolute Gasteiger partial charge is 0.224 e. The van der Waals surface area contributed by atoms with E-state index in [0.717, 1.165) is 0 Å². The zero-order valence-corrected chi connectivity index (χ0v) is 10.9. The Morgan fingerprint density at radius 3 is 2.61 bits per heavy atom. The Balaban J connectivity index is 2.36. The molecule has 4 heteroatoms. The van der Waals surface area contributed by atoms with E-state index >= 15 is 0 Å². The van der Waals surface area contributed by atoms with Crippen LogP contribution in [0.4, 0.5) is 0 Å². The number of para-hydroxylation sites is 1. The Hall–Kier alpha value is -1.55. The first-order valence-corrected chi connectivity index (χ1v) is 6.20. The minimum Gasteiger partial charge on any atom is -0.508 e. The maximum absolute atomic E-state index is 11.7. The highest BCUT2D eigenvalue weighted by Crippen LogP contribution is 2.15. The Labute approximate surface area is 108 Å². The van der Waals surface area contributed by atoms with Crippen LogP contribution >= 0.6 is 0 Å². The number of aliphatic hydroxyl groups excluding tert-OH is 1. The van der Waals surface area contributed by atoms with Gasteiger partial charge in [-0.05, 0) is 25.3 Å². The number of nitrogens with one attached hydrogen (secondary N) is 1. The fourth-order valence-electron chi connectivity index (χ4n) is 1.85. The van der Waals surface area contributed by atoms with Crippen LogP contribution in [0.25, 0.3) is 0 Å². The van der Waals surface area contributed by atoms with E-state index in [1.165, 1.54) is 0 Å². The zero-order valence-electron chi connectivity index (χ0n) is 10.9. The monoisotopic (exact) mass is 251 g/mol.